The van der Waals surface area contributed by atoms with Crippen molar-refractivity contribution in [1.29, 1.82) is 0 Å². The van der Waals surface area contributed by atoms with Gasteiger partial charge in [-0.3, -0.25) is 0 Å². The van der Waals surface area contributed by atoms with Crippen molar-refractivity contribution in [2.45, 2.75) is 31.7 Å². The summed E-state index contributed by atoms with van der Waals surface area (Å²) in [6, 6.07) is 5.94. The molecule has 1 aromatic carbocycles. The van der Waals surface area contributed by atoms with Crippen molar-refractivity contribution in [2.75, 3.05) is 33.7 Å². The molecule has 2 aliphatic rings. The monoisotopic (exact) mass is 362 g/mol. The molecule has 1 heterocycles. The van der Waals surface area contributed by atoms with E-state index in [0.717, 1.165) is 40.8 Å². The fraction of sp³-hybridized carbons (Fsp3) is 0.526. The van der Waals surface area contributed by atoms with Gasteiger partial charge in [0.1, 0.15) is 17.5 Å². The smallest absolute Gasteiger partial charge is 0.161 e. The quantitative estimate of drug-likeness (QED) is 0.778. The van der Waals surface area contributed by atoms with Gasteiger partial charge in [-0.05, 0) is 49.5 Å². The summed E-state index contributed by atoms with van der Waals surface area (Å²) in [6.07, 6.45) is 4.60. The van der Waals surface area contributed by atoms with Crippen LogP contribution < -0.4 is 14.8 Å². The van der Waals surface area contributed by atoms with Crippen molar-refractivity contribution in [3.63, 3.8) is 0 Å². The van der Waals surface area contributed by atoms with E-state index in [0.29, 0.717) is 6.61 Å². The van der Waals surface area contributed by atoms with E-state index in [2.05, 4.69) is 11.4 Å². The molecular formula is C19H26N2O3S. The van der Waals surface area contributed by atoms with Gasteiger partial charge < -0.3 is 19.5 Å². The molecule has 1 aliphatic carbocycles. The second kappa shape index (κ2) is 8.63. The van der Waals surface area contributed by atoms with Gasteiger partial charge in [0, 0.05) is 24.1 Å². The van der Waals surface area contributed by atoms with Crippen LogP contribution in [0.1, 0.15) is 37.3 Å². The Kier molecular flexibility index (Phi) is 6.26. The molecule has 1 unspecified atom stereocenters. The first kappa shape index (κ1) is 18.1. The predicted octanol–water partition coefficient (Wildman–Crippen LogP) is 3.91. The molecule has 1 aromatic rings. The van der Waals surface area contributed by atoms with Crippen molar-refractivity contribution in [3.05, 3.63) is 35.0 Å². The molecule has 0 saturated heterocycles. The van der Waals surface area contributed by atoms with E-state index >= 15 is 0 Å². The predicted molar refractivity (Wildman–Crippen MR) is 103 cm³/mol. The lowest BCUT2D eigenvalue weighted by molar-refractivity contribution is 0.219. The Labute approximate surface area is 153 Å². The number of allylic oxidation sites excluding steroid dienone is 1. The van der Waals surface area contributed by atoms with Crippen molar-refractivity contribution < 1.29 is 14.2 Å². The Balaban J connectivity index is 1.97. The fourth-order valence-electron chi connectivity index (χ4n) is 3.34. The molecule has 136 valence electrons. The lowest BCUT2D eigenvalue weighted by Crippen LogP contribution is -2.30. The summed E-state index contributed by atoms with van der Waals surface area (Å²) in [6.45, 7) is 0.713. The SMILES string of the molecule is COCCSC1=NC(c2cc(OC)ccc2OC)C2=C(CCCC2)N1. The number of hydrogen-bond acceptors (Lipinski definition) is 6. The molecule has 3 rings (SSSR count). The summed E-state index contributed by atoms with van der Waals surface area (Å²) in [7, 11) is 5.12. The average Bonchev–Trinajstić information content (AvgIpc) is 2.67. The van der Waals surface area contributed by atoms with Gasteiger partial charge in [0.2, 0.25) is 0 Å². The molecule has 0 radical (unpaired) electrons. The zero-order chi connectivity index (χ0) is 17.6. The molecule has 6 heteroatoms. The van der Waals surface area contributed by atoms with Crippen molar-refractivity contribution in [2.24, 2.45) is 4.99 Å². The minimum absolute atomic E-state index is 0.00774. The highest BCUT2D eigenvalue weighted by Gasteiger charge is 2.29. The first-order valence-corrected chi connectivity index (χ1v) is 9.65. The molecule has 1 aliphatic heterocycles. The van der Waals surface area contributed by atoms with Crippen LogP contribution in [0.3, 0.4) is 0 Å². The standard InChI is InChI=1S/C19H26N2O3S/c1-22-10-11-25-19-20-16-7-5-4-6-14(16)18(21-19)15-12-13(23-2)8-9-17(15)24-3/h8-9,12,18H,4-7,10-11H2,1-3H3,(H,20,21). The van der Waals surface area contributed by atoms with Crippen LogP contribution in [0.4, 0.5) is 0 Å². The van der Waals surface area contributed by atoms with Crippen LogP contribution in [-0.2, 0) is 4.74 Å². The summed E-state index contributed by atoms with van der Waals surface area (Å²) in [5.74, 6) is 2.57. The lowest BCUT2D eigenvalue weighted by atomic mass is 9.86. The van der Waals surface area contributed by atoms with E-state index in [1.165, 1.54) is 24.1 Å². The maximum absolute atomic E-state index is 5.62. The second-order valence-electron chi connectivity index (χ2n) is 6.12. The summed E-state index contributed by atoms with van der Waals surface area (Å²) < 4.78 is 16.2. The maximum Gasteiger partial charge on any atom is 0.161 e. The Morgan fingerprint density at radius 3 is 2.76 bits per heavy atom. The van der Waals surface area contributed by atoms with Gasteiger partial charge >= 0.3 is 0 Å². The molecule has 0 aromatic heterocycles. The largest absolute Gasteiger partial charge is 0.497 e. The molecule has 1 N–H and O–H groups in total. The van der Waals surface area contributed by atoms with Crippen LogP contribution in [0.25, 0.3) is 0 Å². The molecule has 5 nitrogen and oxygen atoms in total. The van der Waals surface area contributed by atoms with Crippen LogP contribution >= 0.6 is 11.8 Å². The number of benzene rings is 1. The minimum atomic E-state index is -0.00774. The van der Waals surface area contributed by atoms with Crippen molar-refractivity contribution >= 4 is 16.9 Å². The van der Waals surface area contributed by atoms with E-state index in [4.69, 9.17) is 19.2 Å². The van der Waals surface area contributed by atoms with E-state index in [9.17, 15) is 0 Å². The van der Waals surface area contributed by atoms with Gasteiger partial charge in [0.15, 0.2) is 5.17 Å². The maximum atomic E-state index is 5.62. The highest BCUT2D eigenvalue weighted by molar-refractivity contribution is 8.13. The fourth-order valence-corrected chi connectivity index (χ4v) is 4.15. The number of nitrogens with zero attached hydrogens (tertiary/aromatic N) is 1. The van der Waals surface area contributed by atoms with E-state index in [1.54, 1.807) is 33.1 Å². The highest BCUT2D eigenvalue weighted by atomic mass is 32.2. The van der Waals surface area contributed by atoms with Gasteiger partial charge in [-0.25, -0.2) is 4.99 Å². The van der Waals surface area contributed by atoms with Gasteiger partial charge in [0.25, 0.3) is 0 Å². The van der Waals surface area contributed by atoms with Crippen LogP contribution in [0, 0.1) is 0 Å². The third kappa shape index (κ3) is 4.12. The highest BCUT2D eigenvalue weighted by Crippen LogP contribution is 2.43. The molecular weight excluding hydrogens is 336 g/mol. The molecule has 25 heavy (non-hydrogen) atoms. The Morgan fingerprint density at radius 1 is 1.16 bits per heavy atom. The minimum Gasteiger partial charge on any atom is -0.497 e. The Hall–Kier alpha value is -1.66. The molecule has 0 saturated carbocycles. The van der Waals surface area contributed by atoms with Crippen LogP contribution in [0.2, 0.25) is 0 Å². The molecule has 0 fully saturated rings. The molecule has 1 atom stereocenters. The number of thioether (sulfide) groups is 1. The summed E-state index contributed by atoms with van der Waals surface area (Å²) in [5, 5.41) is 4.51. The zero-order valence-electron chi connectivity index (χ0n) is 15.1. The van der Waals surface area contributed by atoms with Crippen molar-refractivity contribution in [1.82, 2.24) is 5.32 Å². The topological polar surface area (TPSA) is 52.1 Å². The number of ether oxygens (including phenoxy) is 3. The van der Waals surface area contributed by atoms with Crippen LogP contribution in [0.5, 0.6) is 11.5 Å². The summed E-state index contributed by atoms with van der Waals surface area (Å²) in [4.78, 5) is 5.01. The number of nitrogens with one attached hydrogen (secondary N) is 1. The molecule has 0 bridgehead atoms. The second-order valence-corrected chi connectivity index (χ2v) is 7.21. The van der Waals surface area contributed by atoms with Crippen LogP contribution in [-0.4, -0.2) is 38.9 Å². The van der Waals surface area contributed by atoms with E-state index < -0.39 is 0 Å². The zero-order valence-corrected chi connectivity index (χ0v) is 15.9. The van der Waals surface area contributed by atoms with Gasteiger partial charge in [0.05, 0.1) is 20.8 Å². The number of amidine groups is 1. The van der Waals surface area contributed by atoms with E-state index in [1.807, 2.05) is 12.1 Å². The number of methoxy groups -OCH3 is 3. The van der Waals surface area contributed by atoms with Gasteiger partial charge in [-0.1, -0.05) is 11.8 Å². The first-order chi connectivity index (χ1) is 12.3. The number of aliphatic imine (C=N–C) groups is 1. The summed E-state index contributed by atoms with van der Waals surface area (Å²) in [5.41, 5.74) is 3.78. The summed E-state index contributed by atoms with van der Waals surface area (Å²) >= 11 is 1.71. The number of hydrogen-bond donors (Lipinski definition) is 1. The Morgan fingerprint density at radius 2 is 2.00 bits per heavy atom. The van der Waals surface area contributed by atoms with Crippen molar-refractivity contribution in [3.8, 4) is 11.5 Å². The Bertz CT molecular complexity index is 673. The molecule has 0 spiro atoms. The number of rotatable bonds is 6. The van der Waals surface area contributed by atoms with E-state index in [-0.39, 0.29) is 6.04 Å². The molecule has 0 amide bonds. The van der Waals surface area contributed by atoms with Gasteiger partial charge in [-0.2, -0.15) is 0 Å². The third-order valence-corrected chi connectivity index (χ3v) is 5.45. The first-order valence-electron chi connectivity index (χ1n) is 8.67. The lowest BCUT2D eigenvalue weighted by Gasteiger charge is -2.32. The normalized spacial score (nSPS) is 19.8. The van der Waals surface area contributed by atoms with Gasteiger partial charge in [-0.15, -0.1) is 0 Å². The third-order valence-electron chi connectivity index (χ3n) is 4.60. The van der Waals surface area contributed by atoms with Crippen LogP contribution in [0.15, 0.2) is 34.5 Å². The average molecular weight is 362 g/mol.